The summed E-state index contributed by atoms with van der Waals surface area (Å²) in [5.74, 6) is -2.42. The quantitative estimate of drug-likeness (QED) is 0.889. The lowest BCUT2D eigenvalue weighted by Gasteiger charge is -2.14. The molecule has 0 saturated carbocycles. The summed E-state index contributed by atoms with van der Waals surface area (Å²) in [5, 5.41) is 10.6. The van der Waals surface area contributed by atoms with Gasteiger partial charge >= 0.3 is 12.1 Å². The molecular weight excluding hydrogens is 331 g/mol. The molecule has 4 nitrogen and oxygen atoms in total. The van der Waals surface area contributed by atoms with E-state index < -0.39 is 35.2 Å². The van der Waals surface area contributed by atoms with Gasteiger partial charge < -0.3 is 10.4 Å². The molecule has 0 heterocycles. The molecule has 0 saturated heterocycles. The zero-order chi connectivity index (χ0) is 14.8. The molecule has 1 atom stereocenters. The number of carbonyl (C=O) groups excluding carboxylic acids is 1. The van der Waals surface area contributed by atoms with E-state index in [0.717, 1.165) is 19.1 Å². The summed E-state index contributed by atoms with van der Waals surface area (Å²) in [4.78, 5) is 22.2. The lowest BCUT2D eigenvalue weighted by molar-refractivity contribution is -0.138. The van der Waals surface area contributed by atoms with Gasteiger partial charge in [0.2, 0.25) is 0 Å². The number of benzene rings is 1. The van der Waals surface area contributed by atoms with Crippen LogP contribution < -0.4 is 5.32 Å². The molecule has 0 radical (unpaired) electrons. The van der Waals surface area contributed by atoms with Gasteiger partial charge in [0.1, 0.15) is 6.04 Å². The Balaban J connectivity index is 3.13. The Hall–Kier alpha value is -1.57. The van der Waals surface area contributed by atoms with Crippen LogP contribution in [-0.4, -0.2) is 23.0 Å². The molecule has 0 bridgehead atoms. The van der Waals surface area contributed by atoms with Crippen LogP contribution in [0.1, 0.15) is 22.8 Å². The highest BCUT2D eigenvalue weighted by Crippen LogP contribution is 2.33. The first-order valence-corrected chi connectivity index (χ1v) is 5.82. The Morgan fingerprint density at radius 1 is 1.37 bits per heavy atom. The van der Waals surface area contributed by atoms with Crippen molar-refractivity contribution in [3.8, 4) is 0 Å². The van der Waals surface area contributed by atoms with E-state index in [1.54, 1.807) is 0 Å². The zero-order valence-electron chi connectivity index (χ0n) is 9.58. The van der Waals surface area contributed by atoms with E-state index in [0.29, 0.717) is 0 Å². The minimum atomic E-state index is -4.71. The van der Waals surface area contributed by atoms with Crippen molar-refractivity contribution in [2.45, 2.75) is 19.1 Å². The highest BCUT2D eigenvalue weighted by Gasteiger charge is 2.35. The van der Waals surface area contributed by atoms with Crippen LogP contribution in [0.2, 0.25) is 0 Å². The number of nitrogens with one attached hydrogen (secondary N) is 1. The number of halogens is 4. The summed E-state index contributed by atoms with van der Waals surface area (Å²) in [6.07, 6.45) is -4.71. The normalized spacial score (nSPS) is 12.9. The minimum Gasteiger partial charge on any atom is -0.480 e. The molecule has 8 heteroatoms. The number of rotatable bonds is 3. The van der Waals surface area contributed by atoms with Crippen molar-refractivity contribution in [2.24, 2.45) is 0 Å². The van der Waals surface area contributed by atoms with Crippen molar-refractivity contribution < 1.29 is 27.9 Å². The van der Waals surface area contributed by atoms with E-state index in [1.807, 2.05) is 5.32 Å². The van der Waals surface area contributed by atoms with Gasteiger partial charge in [-0.1, -0.05) is 15.9 Å². The molecule has 1 rings (SSSR count). The third kappa shape index (κ3) is 3.95. The highest BCUT2D eigenvalue weighted by molar-refractivity contribution is 9.10. The highest BCUT2D eigenvalue weighted by atomic mass is 79.9. The molecule has 19 heavy (non-hydrogen) atoms. The van der Waals surface area contributed by atoms with E-state index in [2.05, 4.69) is 15.9 Å². The van der Waals surface area contributed by atoms with E-state index in [9.17, 15) is 22.8 Å². The molecular formula is C11H9BrF3NO3. The van der Waals surface area contributed by atoms with Gasteiger partial charge in [0.05, 0.1) is 11.1 Å². The predicted octanol–water partition coefficient (Wildman–Crippen LogP) is 2.67. The largest absolute Gasteiger partial charge is 0.480 e. The number of hydrogen-bond acceptors (Lipinski definition) is 2. The number of carboxylic acids is 1. The molecule has 104 valence electrons. The Labute approximate surface area is 114 Å². The second-order valence-electron chi connectivity index (χ2n) is 3.72. The summed E-state index contributed by atoms with van der Waals surface area (Å²) in [7, 11) is 0. The van der Waals surface area contributed by atoms with Crippen LogP contribution >= 0.6 is 15.9 Å². The van der Waals surface area contributed by atoms with Crippen LogP contribution in [0, 0.1) is 0 Å². The van der Waals surface area contributed by atoms with Gasteiger partial charge in [0, 0.05) is 4.47 Å². The Morgan fingerprint density at radius 3 is 2.42 bits per heavy atom. The van der Waals surface area contributed by atoms with E-state index in [1.165, 1.54) is 6.07 Å². The summed E-state index contributed by atoms with van der Waals surface area (Å²) in [5.41, 5.74) is -1.75. The SMILES string of the molecule is C[C@@H](NC(=O)c1ccc(Br)cc1C(F)(F)F)C(=O)O. The summed E-state index contributed by atoms with van der Waals surface area (Å²) >= 11 is 2.89. The van der Waals surface area contributed by atoms with Gasteiger partial charge in [-0.25, -0.2) is 0 Å². The molecule has 0 spiro atoms. The second kappa shape index (κ2) is 5.60. The maximum absolute atomic E-state index is 12.8. The predicted molar refractivity (Wildman–Crippen MR) is 63.7 cm³/mol. The van der Waals surface area contributed by atoms with Crippen molar-refractivity contribution in [2.75, 3.05) is 0 Å². The summed E-state index contributed by atoms with van der Waals surface area (Å²) in [6.45, 7) is 1.16. The molecule has 1 aromatic rings. The van der Waals surface area contributed by atoms with Crippen LogP contribution in [0.3, 0.4) is 0 Å². The standard InChI is InChI=1S/C11H9BrF3NO3/c1-5(10(18)19)16-9(17)7-3-2-6(12)4-8(7)11(13,14)15/h2-5H,1H3,(H,16,17)(H,18,19)/t5-/m1/s1. The third-order valence-electron chi connectivity index (χ3n) is 2.25. The number of carbonyl (C=O) groups is 2. The smallest absolute Gasteiger partial charge is 0.417 e. The fraction of sp³-hybridized carbons (Fsp3) is 0.273. The Kier molecular flexibility index (Phi) is 4.56. The topological polar surface area (TPSA) is 66.4 Å². The number of aliphatic carboxylic acids is 1. The minimum absolute atomic E-state index is 0.169. The van der Waals surface area contributed by atoms with E-state index in [4.69, 9.17) is 5.11 Å². The fourth-order valence-electron chi connectivity index (χ4n) is 1.29. The molecule has 1 amide bonds. The van der Waals surface area contributed by atoms with Gasteiger partial charge in [-0.15, -0.1) is 0 Å². The van der Waals surface area contributed by atoms with E-state index in [-0.39, 0.29) is 4.47 Å². The molecule has 1 aromatic carbocycles. The van der Waals surface area contributed by atoms with Gasteiger partial charge in [0.15, 0.2) is 0 Å². The van der Waals surface area contributed by atoms with Crippen molar-refractivity contribution >= 4 is 27.8 Å². The Bertz CT molecular complexity index is 516. The summed E-state index contributed by atoms with van der Waals surface area (Å²) < 4.78 is 38.5. The maximum Gasteiger partial charge on any atom is 0.417 e. The molecule has 0 fully saturated rings. The summed E-state index contributed by atoms with van der Waals surface area (Å²) in [6, 6.07) is 1.74. The molecule has 0 aromatic heterocycles. The zero-order valence-corrected chi connectivity index (χ0v) is 11.2. The van der Waals surface area contributed by atoms with Crippen LogP contribution in [0.25, 0.3) is 0 Å². The van der Waals surface area contributed by atoms with E-state index >= 15 is 0 Å². The lowest BCUT2D eigenvalue weighted by Crippen LogP contribution is -2.39. The number of amides is 1. The van der Waals surface area contributed by atoms with Crippen molar-refractivity contribution in [1.82, 2.24) is 5.32 Å². The number of carboxylic acid groups (broad SMARTS) is 1. The first-order valence-electron chi connectivity index (χ1n) is 5.03. The average Bonchev–Trinajstić information content (AvgIpc) is 2.27. The lowest BCUT2D eigenvalue weighted by atomic mass is 10.1. The first kappa shape index (κ1) is 15.5. The number of hydrogen-bond donors (Lipinski definition) is 2. The molecule has 0 aliphatic carbocycles. The molecule has 2 N–H and O–H groups in total. The third-order valence-corrected chi connectivity index (χ3v) is 2.74. The van der Waals surface area contributed by atoms with Gasteiger partial charge in [-0.2, -0.15) is 13.2 Å². The fourth-order valence-corrected chi connectivity index (χ4v) is 1.65. The van der Waals surface area contributed by atoms with Crippen LogP contribution in [0.15, 0.2) is 22.7 Å². The maximum atomic E-state index is 12.8. The van der Waals surface area contributed by atoms with Crippen LogP contribution in [0.5, 0.6) is 0 Å². The number of alkyl halides is 3. The van der Waals surface area contributed by atoms with Gasteiger partial charge in [0.25, 0.3) is 5.91 Å². The second-order valence-corrected chi connectivity index (χ2v) is 4.64. The van der Waals surface area contributed by atoms with Crippen molar-refractivity contribution in [3.63, 3.8) is 0 Å². The van der Waals surface area contributed by atoms with Crippen LogP contribution in [0.4, 0.5) is 13.2 Å². The Morgan fingerprint density at radius 2 is 1.95 bits per heavy atom. The molecule has 0 aliphatic heterocycles. The molecule has 0 unspecified atom stereocenters. The van der Waals surface area contributed by atoms with Crippen molar-refractivity contribution in [3.05, 3.63) is 33.8 Å². The van der Waals surface area contributed by atoms with Crippen molar-refractivity contribution in [1.29, 1.82) is 0 Å². The van der Waals surface area contributed by atoms with Gasteiger partial charge in [-0.3, -0.25) is 9.59 Å². The van der Waals surface area contributed by atoms with Gasteiger partial charge in [-0.05, 0) is 25.1 Å². The first-order chi connectivity index (χ1) is 8.62. The monoisotopic (exact) mass is 339 g/mol. The van der Waals surface area contributed by atoms with Crippen LogP contribution in [-0.2, 0) is 11.0 Å². The average molecular weight is 340 g/mol. The molecule has 0 aliphatic rings.